The standard InChI is InChI=1S/C25H36N6O.HI/c1-18(2)28-25(32)30-22-12-10-20(11-13-22)17-27-24(26-4)29-19(3)21-8-7-9-23(16-21)31-14-5-6-15-31;/h7-13,16,18-19H,5-6,14-15,17H2,1-4H3,(H2,26,27,29)(H2,28,30,32);1H. The Kier molecular flexibility index (Phi) is 10.8. The molecule has 0 radical (unpaired) electrons. The summed E-state index contributed by atoms with van der Waals surface area (Å²) in [6, 6.07) is 16.6. The van der Waals surface area contributed by atoms with Crippen LogP contribution in [0, 0.1) is 0 Å². The SMILES string of the molecule is CN=C(NCc1ccc(NC(=O)NC(C)C)cc1)NC(C)c1cccc(N2CCCC2)c1.I. The highest BCUT2D eigenvalue weighted by atomic mass is 127. The molecule has 1 unspecified atom stereocenters. The van der Waals surface area contributed by atoms with Crippen molar-refractivity contribution < 1.29 is 4.79 Å². The Morgan fingerprint density at radius 1 is 1.03 bits per heavy atom. The number of aliphatic imine (C=N–C) groups is 1. The lowest BCUT2D eigenvalue weighted by atomic mass is 10.1. The van der Waals surface area contributed by atoms with Crippen molar-refractivity contribution in [3.05, 3.63) is 59.7 Å². The van der Waals surface area contributed by atoms with Gasteiger partial charge in [0.25, 0.3) is 0 Å². The van der Waals surface area contributed by atoms with Gasteiger partial charge in [0, 0.05) is 44.1 Å². The van der Waals surface area contributed by atoms with Gasteiger partial charge in [-0.15, -0.1) is 24.0 Å². The Labute approximate surface area is 214 Å². The Morgan fingerprint density at radius 2 is 1.73 bits per heavy atom. The fourth-order valence-corrected chi connectivity index (χ4v) is 3.77. The Morgan fingerprint density at radius 3 is 2.36 bits per heavy atom. The van der Waals surface area contributed by atoms with E-state index in [9.17, 15) is 4.79 Å². The first-order valence-corrected chi connectivity index (χ1v) is 11.4. The number of benzene rings is 2. The minimum absolute atomic E-state index is 0. The number of hydrogen-bond acceptors (Lipinski definition) is 3. The minimum Gasteiger partial charge on any atom is -0.372 e. The molecule has 0 bridgehead atoms. The average molecular weight is 565 g/mol. The smallest absolute Gasteiger partial charge is 0.319 e. The fourth-order valence-electron chi connectivity index (χ4n) is 3.77. The molecule has 2 aromatic carbocycles. The second kappa shape index (κ2) is 13.3. The van der Waals surface area contributed by atoms with Crippen LogP contribution in [0.5, 0.6) is 0 Å². The van der Waals surface area contributed by atoms with Crippen LogP contribution in [0.15, 0.2) is 53.5 Å². The summed E-state index contributed by atoms with van der Waals surface area (Å²) in [6.07, 6.45) is 2.55. The normalized spacial score (nSPS) is 14.5. The van der Waals surface area contributed by atoms with E-state index >= 15 is 0 Å². The van der Waals surface area contributed by atoms with Crippen LogP contribution in [0.25, 0.3) is 0 Å². The topological polar surface area (TPSA) is 80.8 Å². The van der Waals surface area contributed by atoms with Crippen LogP contribution in [0.3, 0.4) is 0 Å². The number of halogens is 1. The number of urea groups is 1. The largest absolute Gasteiger partial charge is 0.372 e. The second-order valence-electron chi connectivity index (χ2n) is 8.53. The summed E-state index contributed by atoms with van der Waals surface area (Å²) in [7, 11) is 1.78. The van der Waals surface area contributed by atoms with E-state index in [1.54, 1.807) is 7.05 Å². The molecular weight excluding hydrogens is 527 g/mol. The van der Waals surface area contributed by atoms with E-state index in [1.807, 2.05) is 38.1 Å². The number of carbonyl (C=O) groups is 1. The van der Waals surface area contributed by atoms with E-state index in [1.165, 1.54) is 24.1 Å². The molecule has 0 saturated carbocycles. The summed E-state index contributed by atoms with van der Waals surface area (Å²) in [5.41, 5.74) is 4.41. The van der Waals surface area contributed by atoms with Gasteiger partial charge in [-0.05, 0) is 69.0 Å². The Balaban J connectivity index is 0.00000385. The number of rotatable bonds is 7. The van der Waals surface area contributed by atoms with Crippen LogP contribution in [-0.2, 0) is 6.54 Å². The summed E-state index contributed by atoms with van der Waals surface area (Å²) in [6.45, 7) is 8.94. The van der Waals surface area contributed by atoms with Gasteiger partial charge in [-0.3, -0.25) is 4.99 Å². The van der Waals surface area contributed by atoms with E-state index in [4.69, 9.17) is 0 Å². The van der Waals surface area contributed by atoms with Gasteiger partial charge in [0.05, 0.1) is 6.04 Å². The molecule has 1 atom stereocenters. The number of guanidine groups is 1. The van der Waals surface area contributed by atoms with Crippen molar-refractivity contribution in [2.45, 2.75) is 52.2 Å². The summed E-state index contributed by atoms with van der Waals surface area (Å²) < 4.78 is 0. The van der Waals surface area contributed by atoms with E-state index in [-0.39, 0.29) is 42.1 Å². The molecule has 0 aliphatic carbocycles. The molecule has 4 N–H and O–H groups in total. The fraction of sp³-hybridized carbons (Fsp3) is 0.440. The average Bonchev–Trinajstić information content (AvgIpc) is 3.32. The number of hydrogen-bond donors (Lipinski definition) is 4. The predicted molar refractivity (Wildman–Crippen MR) is 149 cm³/mol. The van der Waals surface area contributed by atoms with Crippen molar-refractivity contribution in [1.29, 1.82) is 0 Å². The highest BCUT2D eigenvalue weighted by Crippen LogP contribution is 2.24. The summed E-state index contributed by atoms with van der Waals surface area (Å²) in [5, 5.41) is 12.5. The van der Waals surface area contributed by atoms with Crippen LogP contribution in [0.2, 0.25) is 0 Å². The quantitative estimate of drug-likeness (QED) is 0.220. The van der Waals surface area contributed by atoms with Gasteiger partial charge in [0.2, 0.25) is 0 Å². The molecule has 1 aliphatic heterocycles. The van der Waals surface area contributed by atoms with Gasteiger partial charge >= 0.3 is 6.03 Å². The zero-order chi connectivity index (χ0) is 22.9. The summed E-state index contributed by atoms with van der Waals surface area (Å²) in [4.78, 5) is 18.6. The molecule has 1 fully saturated rings. The van der Waals surface area contributed by atoms with E-state index in [0.29, 0.717) is 6.54 Å². The van der Waals surface area contributed by atoms with Crippen LogP contribution in [0.4, 0.5) is 16.2 Å². The molecule has 0 spiro atoms. The van der Waals surface area contributed by atoms with Gasteiger partial charge < -0.3 is 26.2 Å². The maximum absolute atomic E-state index is 11.8. The first kappa shape index (κ1) is 26.8. The summed E-state index contributed by atoms with van der Waals surface area (Å²) >= 11 is 0. The molecular formula is C25H37IN6O. The van der Waals surface area contributed by atoms with Crippen LogP contribution in [-0.4, -0.2) is 38.2 Å². The zero-order valence-electron chi connectivity index (χ0n) is 20.0. The number of amides is 2. The van der Waals surface area contributed by atoms with Crippen LogP contribution < -0.4 is 26.2 Å². The summed E-state index contributed by atoms with van der Waals surface area (Å²) in [5.74, 6) is 0.752. The molecule has 2 amide bonds. The van der Waals surface area contributed by atoms with Crippen molar-refractivity contribution in [1.82, 2.24) is 16.0 Å². The monoisotopic (exact) mass is 564 g/mol. The van der Waals surface area contributed by atoms with Gasteiger partial charge in [-0.2, -0.15) is 0 Å². The predicted octanol–water partition coefficient (Wildman–Crippen LogP) is 4.86. The number of anilines is 2. The Bertz CT molecular complexity index is 909. The van der Waals surface area contributed by atoms with Gasteiger partial charge in [-0.1, -0.05) is 24.3 Å². The maximum Gasteiger partial charge on any atom is 0.319 e. The van der Waals surface area contributed by atoms with E-state index in [0.717, 1.165) is 30.3 Å². The van der Waals surface area contributed by atoms with Crippen molar-refractivity contribution >= 4 is 47.3 Å². The van der Waals surface area contributed by atoms with Gasteiger partial charge in [0.1, 0.15) is 0 Å². The Hall–Kier alpha value is -2.49. The molecule has 8 heteroatoms. The molecule has 7 nitrogen and oxygen atoms in total. The second-order valence-corrected chi connectivity index (χ2v) is 8.53. The first-order chi connectivity index (χ1) is 15.4. The lowest BCUT2D eigenvalue weighted by Gasteiger charge is -2.22. The molecule has 3 rings (SSSR count). The maximum atomic E-state index is 11.8. The lowest BCUT2D eigenvalue weighted by Crippen LogP contribution is -2.38. The van der Waals surface area contributed by atoms with Crippen molar-refractivity contribution in [2.24, 2.45) is 4.99 Å². The third-order valence-electron chi connectivity index (χ3n) is 5.51. The molecule has 1 saturated heterocycles. The van der Waals surface area contributed by atoms with Crippen molar-refractivity contribution in [2.75, 3.05) is 30.4 Å². The molecule has 1 heterocycles. The lowest BCUT2D eigenvalue weighted by molar-refractivity contribution is 0.250. The van der Waals surface area contributed by atoms with E-state index < -0.39 is 0 Å². The molecule has 1 aliphatic rings. The third-order valence-corrected chi connectivity index (χ3v) is 5.51. The first-order valence-electron chi connectivity index (χ1n) is 11.4. The van der Waals surface area contributed by atoms with Crippen molar-refractivity contribution in [3.8, 4) is 0 Å². The minimum atomic E-state index is -0.196. The van der Waals surface area contributed by atoms with Crippen LogP contribution >= 0.6 is 24.0 Å². The number of nitrogens with one attached hydrogen (secondary N) is 4. The third kappa shape index (κ3) is 8.42. The van der Waals surface area contributed by atoms with Crippen molar-refractivity contribution in [3.63, 3.8) is 0 Å². The van der Waals surface area contributed by atoms with Crippen LogP contribution in [0.1, 0.15) is 50.8 Å². The molecule has 180 valence electrons. The van der Waals surface area contributed by atoms with E-state index in [2.05, 4.69) is 62.3 Å². The molecule has 2 aromatic rings. The number of carbonyl (C=O) groups excluding carboxylic acids is 1. The van der Waals surface area contributed by atoms with Gasteiger partial charge in [0.15, 0.2) is 5.96 Å². The zero-order valence-corrected chi connectivity index (χ0v) is 22.4. The highest BCUT2D eigenvalue weighted by Gasteiger charge is 2.14. The molecule has 33 heavy (non-hydrogen) atoms. The molecule has 0 aromatic heterocycles. The number of nitrogens with zero attached hydrogens (tertiary/aromatic N) is 2. The van der Waals surface area contributed by atoms with Gasteiger partial charge in [-0.25, -0.2) is 4.79 Å². The highest BCUT2D eigenvalue weighted by molar-refractivity contribution is 14.0.